The van der Waals surface area contributed by atoms with Crippen molar-refractivity contribution in [3.8, 4) is 46.0 Å². The minimum Gasteiger partial charge on any atom is -0.496 e. The highest BCUT2D eigenvalue weighted by Crippen LogP contribution is 2.38. The van der Waals surface area contributed by atoms with Gasteiger partial charge in [0.05, 0.1) is 114 Å². The number of methoxy groups -OCH3 is 8. The summed E-state index contributed by atoms with van der Waals surface area (Å²) in [5, 5.41) is 10.5. The van der Waals surface area contributed by atoms with Gasteiger partial charge in [-0.2, -0.15) is 0 Å². The van der Waals surface area contributed by atoms with Crippen molar-refractivity contribution in [2.24, 2.45) is 0 Å². The molecule has 2 saturated heterocycles. The number of hydrogen-bond acceptors (Lipinski definition) is 26. The number of amides is 7. The van der Waals surface area contributed by atoms with Crippen molar-refractivity contribution in [1.29, 1.82) is 0 Å². The fourth-order valence-corrected chi connectivity index (χ4v) is 11.5. The molecule has 8 rings (SSSR count). The summed E-state index contributed by atoms with van der Waals surface area (Å²) in [6, 6.07) is 27.4. The summed E-state index contributed by atoms with van der Waals surface area (Å²) in [5.41, 5.74) is 2.60. The molecule has 2 fully saturated rings. The Morgan fingerprint density at radius 3 is 1.35 bits per heavy atom. The van der Waals surface area contributed by atoms with Crippen LogP contribution in [0.4, 0.5) is 38.0 Å². The minimum absolute atomic E-state index is 0.00212. The van der Waals surface area contributed by atoms with Gasteiger partial charge in [0.25, 0.3) is 43.7 Å². The Hall–Kier alpha value is -12.4. The Kier molecular flexibility index (Phi) is 28.9. The average Bonchev–Trinajstić information content (AvgIpc) is 1.22. The number of hydroxylamine groups is 4. The third kappa shape index (κ3) is 23.6. The topological polar surface area (TPSA) is 416 Å². The Balaban J connectivity index is 0.000000293. The van der Waals surface area contributed by atoms with Gasteiger partial charge < -0.3 is 62.4 Å². The number of imide groups is 2. The van der Waals surface area contributed by atoms with Gasteiger partial charge in [-0.05, 0) is 90.7 Å². The second-order valence-electron chi connectivity index (χ2n) is 22.2. The number of benzene rings is 6. The van der Waals surface area contributed by atoms with Gasteiger partial charge in [0.2, 0.25) is 5.91 Å². The zero-order valence-corrected chi connectivity index (χ0v) is 59.6. The number of sulfonamides is 2. The summed E-state index contributed by atoms with van der Waals surface area (Å²) >= 11 is 0. The number of nitrogens with zero attached hydrogens (tertiary/aromatic N) is 2. The number of carbonyl (C=O) groups is 10. The van der Waals surface area contributed by atoms with Gasteiger partial charge in [0.15, 0.2) is 0 Å². The van der Waals surface area contributed by atoms with Crippen LogP contribution in [0.1, 0.15) is 90.4 Å². The molecule has 0 aromatic heterocycles. The second kappa shape index (κ2) is 38.0. The predicted molar refractivity (Wildman–Crippen MR) is 377 cm³/mol. The number of ether oxygens (including phenoxy) is 10. The zero-order valence-electron chi connectivity index (χ0n) is 58.0. The van der Waals surface area contributed by atoms with E-state index in [1.165, 1.54) is 111 Å². The maximum atomic E-state index is 13.0. The summed E-state index contributed by atoms with van der Waals surface area (Å²) in [7, 11) is 3.26. The number of anilines is 5. The minimum atomic E-state index is -4.07. The van der Waals surface area contributed by atoms with Crippen LogP contribution in [0.5, 0.6) is 46.0 Å². The van der Waals surface area contributed by atoms with Gasteiger partial charge in [0.1, 0.15) is 58.4 Å². The third-order valence-corrected chi connectivity index (χ3v) is 17.0. The molecule has 2 aliphatic heterocycles. The fourth-order valence-electron chi connectivity index (χ4n) is 9.79. The highest BCUT2D eigenvalue weighted by atomic mass is 32.2. The number of hydrogen-bond donors (Lipinski definition) is 5. The Morgan fingerprint density at radius 1 is 0.457 bits per heavy atom. The molecule has 2 heterocycles. The van der Waals surface area contributed by atoms with Crippen molar-refractivity contribution < 1.29 is 122 Å². The van der Waals surface area contributed by atoms with Crippen LogP contribution < -0.4 is 63.3 Å². The van der Waals surface area contributed by atoms with Crippen LogP contribution in [0.2, 0.25) is 0 Å². The third-order valence-electron chi connectivity index (χ3n) is 15.0. The van der Waals surface area contributed by atoms with Crippen LogP contribution >= 0.6 is 0 Å². The van der Waals surface area contributed by atoms with E-state index in [9.17, 15) is 64.8 Å². The molecule has 6 aromatic carbocycles. The molecular formula is C70H75N7O26S2. The lowest BCUT2D eigenvalue weighted by molar-refractivity contribution is -0.197. The lowest BCUT2D eigenvalue weighted by atomic mass is 10.0. The van der Waals surface area contributed by atoms with E-state index in [0.717, 1.165) is 10.8 Å². The molecule has 5 N–H and O–H groups in total. The Bertz CT molecular complexity index is 4440. The highest BCUT2D eigenvalue weighted by Gasteiger charge is 2.35. The van der Waals surface area contributed by atoms with Gasteiger partial charge >= 0.3 is 24.1 Å². The lowest BCUT2D eigenvalue weighted by Crippen LogP contribution is -2.32. The maximum absolute atomic E-state index is 13.0. The molecule has 0 atom stereocenters. The van der Waals surface area contributed by atoms with Crippen LogP contribution in [0.15, 0.2) is 120 Å². The monoisotopic (exact) mass is 1490 g/mol. The molecule has 0 radical (unpaired) electrons. The number of ketones is 1. The molecular weight excluding hydrogens is 1420 g/mol. The van der Waals surface area contributed by atoms with E-state index in [-0.39, 0.29) is 129 Å². The van der Waals surface area contributed by atoms with E-state index in [2.05, 4.69) is 25.4 Å². The quantitative estimate of drug-likeness (QED) is 0.0186. The molecule has 0 aliphatic carbocycles. The number of Topliss-reactive ketones (excluding diaryl/α,β-unsaturated/α-hetero) is 1. The molecule has 2 aliphatic rings. The summed E-state index contributed by atoms with van der Waals surface area (Å²) in [4.78, 5) is 131. The van der Waals surface area contributed by atoms with E-state index in [4.69, 9.17) is 57.0 Å². The largest absolute Gasteiger partial charge is 0.496 e. The smallest absolute Gasteiger partial charge is 0.412 e. The average molecular weight is 1490 g/mol. The highest BCUT2D eigenvalue weighted by molar-refractivity contribution is 7.96. The predicted octanol–water partition coefficient (Wildman–Crippen LogP) is 9.09. The van der Waals surface area contributed by atoms with Gasteiger partial charge in [-0.3, -0.25) is 48.8 Å². The second-order valence-corrected chi connectivity index (χ2v) is 25.3. The van der Waals surface area contributed by atoms with Gasteiger partial charge in [-0.1, -0.05) is 30.3 Å². The first-order valence-electron chi connectivity index (χ1n) is 31.6. The number of carbonyl (C=O) groups excluding carboxylic acids is 10. The van der Waals surface area contributed by atoms with E-state index >= 15 is 0 Å². The Morgan fingerprint density at radius 2 is 0.895 bits per heavy atom. The molecule has 558 valence electrons. The zero-order chi connectivity index (χ0) is 76.4. The van der Waals surface area contributed by atoms with Gasteiger partial charge in [-0.25, -0.2) is 36.0 Å². The van der Waals surface area contributed by atoms with Crippen LogP contribution in [-0.4, -0.2) is 150 Å². The van der Waals surface area contributed by atoms with E-state index in [0.29, 0.717) is 72.6 Å². The Labute approximate surface area is 602 Å². The SMILES string of the molecule is COc1cc(OC)c(/C=C/S(=O)(=O)Nc2ccc(OC)c(NC(=O)OCCCC(=O)Cc3ccccc3C(=O)ON3C(=O)CCC3=O)c2)c(OC)c1.COc1cc(OC)c(/C=C/S(=O)(=O)Nc2ccc(OC)c(NC(=O)OCc3ccc(NC(=O)CCCC(=O)ON4C(=O)CCC4=O)cc3)c2)c(OC)c1. The van der Waals surface area contributed by atoms with E-state index in [1.54, 1.807) is 66.7 Å². The van der Waals surface area contributed by atoms with Gasteiger partial charge in [0, 0.05) is 81.3 Å². The molecule has 0 unspecified atom stereocenters. The molecule has 0 saturated carbocycles. The van der Waals surface area contributed by atoms with Crippen LogP contribution in [-0.2, 0) is 85.8 Å². The van der Waals surface area contributed by atoms with E-state index < -0.39 is 67.8 Å². The molecule has 0 bridgehead atoms. The van der Waals surface area contributed by atoms with Crippen molar-refractivity contribution in [1.82, 2.24) is 10.1 Å². The first-order chi connectivity index (χ1) is 50.2. The van der Waals surface area contributed by atoms with Crippen molar-refractivity contribution in [2.75, 3.05) is 88.9 Å². The fraction of sp³-hybridized carbons (Fsp3) is 0.286. The number of nitrogens with one attached hydrogen (secondary N) is 5. The standard InChI is InChI=1S/C35H38N4O13S.C35H37N3O13S/c1-47-25-19-29(49-3)26(30(20-25)50-4)16-17-53(45,46)38-24-12-13-28(48-2)27(18-24)37-35(44)51-21-22-8-10-23(11-9-22)36-31(40)6-5-7-34(43)52-39-32(41)14-15-33(39)42;1-46-25-20-30(48-3)27(31(21-25)49-4)15-17-52(44,45)37-23-11-12-29(47-2)28(19-23)36-35(43)50-16-7-9-24(39)18-22-8-5-6-10-26(22)34(42)51-38-32(40)13-14-33(38)41/h8-13,16-20,38H,5-7,14-15,21H2,1-4H3,(H,36,40)(H,37,44);5-6,8,10-12,15,17,19-21,37H,7,9,13-14,16,18H2,1-4H3,(H,36,43)/b17-16+;17-15+. The summed E-state index contributed by atoms with van der Waals surface area (Å²) in [6.07, 6.45) is 0.734. The van der Waals surface area contributed by atoms with E-state index in [1.807, 2.05) is 0 Å². The maximum Gasteiger partial charge on any atom is 0.412 e. The summed E-state index contributed by atoms with van der Waals surface area (Å²) in [5.74, 6) is -2.11. The van der Waals surface area contributed by atoms with Crippen LogP contribution in [0.25, 0.3) is 12.2 Å². The van der Waals surface area contributed by atoms with Crippen molar-refractivity contribution in [3.05, 3.63) is 148 Å². The molecule has 105 heavy (non-hydrogen) atoms. The van der Waals surface area contributed by atoms with Crippen molar-refractivity contribution in [3.63, 3.8) is 0 Å². The summed E-state index contributed by atoms with van der Waals surface area (Å²) in [6.45, 7) is -0.278. The van der Waals surface area contributed by atoms with Crippen molar-refractivity contribution >= 4 is 120 Å². The molecule has 33 nitrogen and oxygen atoms in total. The van der Waals surface area contributed by atoms with Crippen LogP contribution in [0.3, 0.4) is 0 Å². The molecule has 35 heteroatoms. The number of rotatable bonds is 34. The molecule has 6 aromatic rings. The van der Waals surface area contributed by atoms with Crippen LogP contribution in [0, 0.1) is 0 Å². The molecule has 0 spiro atoms. The lowest BCUT2D eigenvalue weighted by Gasteiger charge is -2.14. The molecule has 7 amide bonds. The van der Waals surface area contributed by atoms with Gasteiger partial charge in [-0.15, -0.1) is 10.1 Å². The first kappa shape index (κ1) is 79.9. The normalized spacial score (nSPS) is 12.7. The van der Waals surface area contributed by atoms with Crippen molar-refractivity contribution in [2.45, 2.75) is 70.8 Å². The summed E-state index contributed by atoms with van der Waals surface area (Å²) < 4.78 is 110. The first-order valence-corrected chi connectivity index (χ1v) is 34.7.